The molecule has 0 radical (unpaired) electrons. The van der Waals surface area contributed by atoms with Crippen molar-refractivity contribution in [3.63, 3.8) is 0 Å². The summed E-state index contributed by atoms with van der Waals surface area (Å²) in [6.07, 6.45) is 3.11. The number of hydrogen-bond acceptors (Lipinski definition) is 5. The highest BCUT2D eigenvalue weighted by Crippen LogP contribution is 2.19. The molecule has 110 valence electrons. The molecular weight excluding hydrogens is 302 g/mol. The van der Waals surface area contributed by atoms with E-state index in [0.717, 1.165) is 12.3 Å². The van der Waals surface area contributed by atoms with Crippen LogP contribution in [0.4, 0.5) is 5.69 Å². The molecule has 8 heteroatoms. The van der Waals surface area contributed by atoms with Gasteiger partial charge in [-0.25, -0.2) is 13.2 Å². The molecule has 1 rings (SSSR count). The molecule has 6 nitrogen and oxygen atoms in total. The largest absolute Gasteiger partial charge is 0.478 e. The van der Waals surface area contributed by atoms with E-state index in [1.54, 1.807) is 0 Å². The number of amides is 1. The van der Waals surface area contributed by atoms with Gasteiger partial charge in [0.05, 0.1) is 10.5 Å². The summed E-state index contributed by atoms with van der Waals surface area (Å²) < 4.78 is 23.0. The molecule has 0 aliphatic rings. The van der Waals surface area contributed by atoms with Crippen LogP contribution < -0.4 is 5.32 Å². The van der Waals surface area contributed by atoms with E-state index in [1.165, 1.54) is 23.9 Å². The van der Waals surface area contributed by atoms with Crippen LogP contribution in [0, 0.1) is 0 Å². The molecule has 0 heterocycles. The van der Waals surface area contributed by atoms with Crippen LogP contribution in [0.15, 0.2) is 23.1 Å². The Hall–Kier alpha value is -1.54. The van der Waals surface area contributed by atoms with Crippen molar-refractivity contribution in [3.8, 4) is 0 Å². The lowest BCUT2D eigenvalue weighted by molar-refractivity contribution is -0.115. The second-order valence-corrected chi connectivity index (χ2v) is 7.12. The monoisotopic (exact) mass is 317 g/mol. The van der Waals surface area contributed by atoms with E-state index in [9.17, 15) is 18.0 Å². The van der Waals surface area contributed by atoms with E-state index >= 15 is 0 Å². The standard InChI is InChI=1S/C12H15NO5S2/c1-19-4-3-11(14)13-9-5-8(12(15)16)6-10(7-9)20(2,17)18/h5-7H,3-4H2,1-2H3,(H,13,14)(H,15,16). The fourth-order valence-corrected chi connectivity index (χ4v) is 2.50. The van der Waals surface area contributed by atoms with Crippen LogP contribution in [-0.4, -0.2) is 43.7 Å². The molecular formula is C12H15NO5S2. The Labute approximate surface area is 121 Å². The molecule has 20 heavy (non-hydrogen) atoms. The van der Waals surface area contributed by atoms with Crippen LogP contribution in [-0.2, 0) is 14.6 Å². The van der Waals surface area contributed by atoms with Crippen LogP contribution in [0.3, 0.4) is 0 Å². The fourth-order valence-electron chi connectivity index (χ4n) is 1.43. The molecule has 0 spiro atoms. The van der Waals surface area contributed by atoms with Gasteiger partial charge in [-0.3, -0.25) is 4.79 Å². The summed E-state index contributed by atoms with van der Waals surface area (Å²) in [5.41, 5.74) is -0.0236. The van der Waals surface area contributed by atoms with Crippen LogP contribution in [0.2, 0.25) is 0 Å². The van der Waals surface area contributed by atoms with E-state index < -0.39 is 15.8 Å². The van der Waals surface area contributed by atoms with Crippen LogP contribution in [0.5, 0.6) is 0 Å². The van der Waals surface area contributed by atoms with E-state index in [0.29, 0.717) is 5.75 Å². The summed E-state index contributed by atoms with van der Waals surface area (Å²) in [6, 6.07) is 3.54. The molecule has 1 aromatic carbocycles. The molecule has 1 amide bonds. The maximum absolute atomic E-state index is 11.6. The number of hydrogen-bond donors (Lipinski definition) is 2. The Kier molecular flexibility index (Phi) is 5.58. The Bertz CT molecular complexity index is 625. The number of carbonyl (C=O) groups is 2. The topological polar surface area (TPSA) is 101 Å². The van der Waals surface area contributed by atoms with Crippen LogP contribution in [0.25, 0.3) is 0 Å². The van der Waals surface area contributed by atoms with Crippen molar-refractivity contribution in [1.29, 1.82) is 0 Å². The van der Waals surface area contributed by atoms with Gasteiger partial charge in [0.25, 0.3) is 0 Å². The average molecular weight is 317 g/mol. The first kappa shape index (κ1) is 16.5. The van der Waals surface area contributed by atoms with Gasteiger partial charge >= 0.3 is 5.97 Å². The number of thioether (sulfide) groups is 1. The smallest absolute Gasteiger partial charge is 0.335 e. The predicted octanol–water partition coefficient (Wildman–Crippen LogP) is 1.48. The van der Waals surface area contributed by atoms with Crippen molar-refractivity contribution in [2.75, 3.05) is 23.6 Å². The maximum Gasteiger partial charge on any atom is 0.335 e. The van der Waals surface area contributed by atoms with Gasteiger partial charge in [0.1, 0.15) is 0 Å². The van der Waals surface area contributed by atoms with Crippen LogP contribution in [0.1, 0.15) is 16.8 Å². The third-order valence-electron chi connectivity index (χ3n) is 2.40. The lowest BCUT2D eigenvalue weighted by atomic mass is 10.2. The van der Waals surface area contributed by atoms with Gasteiger partial charge in [0.2, 0.25) is 5.91 Å². The number of nitrogens with one attached hydrogen (secondary N) is 1. The van der Waals surface area contributed by atoms with Crippen molar-refractivity contribution < 1.29 is 23.1 Å². The molecule has 0 unspecified atom stereocenters. The number of carbonyl (C=O) groups excluding carboxylic acids is 1. The fraction of sp³-hybridized carbons (Fsp3) is 0.333. The second kappa shape index (κ2) is 6.76. The third-order valence-corrected chi connectivity index (χ3v) is 4.10. The van der Waals surface area contributed by atoms with Gasteiger partial charge in [-0.1, -0.05) is 0 Å². The highest BCUT2D eigenvalue weighted by atomic mass is 32.2. The van der Waals surface area contributed by atoms with E-state index in [-0.39, 0.29) is 28.5 Å². The zero-order valence-electron chi connectivity index (χ0n) is 11.0. The number of rotatable bonds is 6. The van der Waals surface area contributed by atoms with Gasteiger partial charge in [0, 0.05) is 24.1 Å². The van der Waals surface area contributed by atoms with E-state index in [1.807, 2.05) is 6.26 Å². The minimum absolute atomic E-state index is 0.141. The first-order valence-electron chi connectivity index (χ1n) is 5.61. The van der Waals surface area contributed by atoms with E-state index in [4.69, 9.17) is 5.11 Å². The Morgan fingerprint density at radius 2 is 1.95 bits per heavy atom. The van der Waals surface area contributed by atoms with Crippen molar-refractivity contribution >= 4 is 39.2 Å². The van der Waals surface area contributed by atoms with E-state index in [2.05, 4.69) is 5.32 Å². The zero-order valence-corrected chi connectivity index (χ0v) is 12.7. The van der Waals surface area contributed by atoms with Gasteiger partial charge < -0.3 is 10.4 Å². The Morgan fingerprint density at radius 3 is 2.45 bits per heavy atom. The second-order valence-electron chi connectivity index (χ2n) is 4.11. The van der Waals surface area contributed by atoms with Crippen molar-refractivity contribution in [2.45, 2.75) is 11.3 Å². The first-order chi connectivity index (χ1) is 9.24. The van der Waals surface area contributed by atoms with Crippen molar-refractivity contribution in [3.05, 3.63) is 23.8 Å². The predicted molar refractivity (Wildman–Crippen MR) is 78.1 cm³/mol. The van der Waals surface area contributed by atoms with Gasteiger partial charge in [-0.05, 0) is 24.5 Å². The first-order valence-corrected chi connectivity index (χ1v) is 8.90. The highest BCUT2D eigenvalue weighted by Gasteiger charge is 2.14. The zero-order chi connectivity index (χ0) is 15.3. The van der Waals surface area contributed by atoms with Crippen molar-refractivity contribution in [1.82, 2.24) is 0 Å². The molecule has 0 aromatic heterocycles. The number of sulfone groups is 1. The summed E-state index contributed by atoms with van der Waals surface area (Å²) in [7, 11) is -3.55. The summed E-state index contributed by atoms with van der Waals surface area (Å²) in [5.74, 6) is -0.917. The van der Waals surface area contributed by atoms with Gasteiger partial charge in [0.15, 0.2) is 9.84 Å². The Balaban J connectivity index is 3.10. The van der Waals surface area contributed by atoms with Crippen molar-refractivity contribution in [2.24, 2.45) is 0 Å². The van der Waals surface area contributed by atoms with Gasteiger partial charge in [-0.2, -0.15) is 11.8 Å². The molecule has 2 N–H and O–H groups in total. The highest BCUT2D eigenvalue weighted by molar-refractivity contribution is 7.98. The van der Waals surface area contributed by atoms with Crippen LogP contribution >= 0.6 is 11.8 Å². The number of aromatic carboxylic acids is 1. The number of carboxylic acids is 1. The summed E-state index contributed by atoms with van der Waals surface area (Å²) in [4.78, 5) is 22.4. The molecule has 0 atom stereocenters. The maximum atomic E-state index is 11.6. The molecule has 0 bridgehead atoms. The average Bonchev–Trinajstić information content (AvgIpc) is 2.34. The quantitative estimate of drug-likeness (QED) is 0.824. The molecule has 0 aliphatic heterocycles. The lowest BCUT2D eigenvalue weighted by Gasteiger charge is -2.08. The molecule has 1 aromatic rings. The number of carboxylic acid groups (broad SMARTS) is 1. The SMILES string of the molecule is CSCCC(=O)Nc1cc(C(=O)O)cc(S(C)(=O)=O)c1. The third kappa shape index (κ3) is 4.86. The molecule has 0 saturated heterocycles. The molecule has 0 fully saturated rings. The minimum Gasteiger partial charge on any atom is -0.478 e. The summed E-state index contributed by atoms with van der Waals surface area (Å²) >= 11 is 1.51. The number of anilines is 1. The minimum atomic E-state index is -3.55. The summed E-state index contributed by atoms with van der Waals surface area (Å²) in [6.45, 7) is 0. The molecule has 0 aliphatic carbocycles. The number of benzene rings is 1. The lowest BCUT2D eigenvalue weighted by Crippen LogP contribution is -2.13. The van der Waals surface area contributed by atoms with Gasteiger partial charge in [-0.15, -0.1) is 0 Å². The Morgan fingerprint density at radius 1 is 1.30 bits per heavy atom. The normalized spacial score (nSPS) is 11.1. The molecule has 0 saturated carbocycles. The summed E-state index contributed by atoms with van der Waals surface area (Å²) in [5, 5.41) is 11.5.